The molecule has 1 aliphatic heterocycles. The molecule has 0 saturated carbocycles. The van der Waals surface area contributed by atoms with E-state index in [0.717, 1.165) is 6.42 Å². The first-order valence-electron chi connectivity index (χ1n) is 10.8. The summed E-state index contributed by atoms with van der Waals surface area (Å²) in [6.07, 6.45) is -1.24. The molecular weight excluding hydrogens is 402 g/mol. The quantitative estimate of drug-likeness (QED) is 0.681. The van der Waals surface area contributed by atoms with Gasteiger partial charge in [0.1, 0.15) is 29.6 Å². The van der Waals surface area contributed by atoms with E-state index in [-0.39, 0.29) is 19.6 Å². The predicted molar refractivity (Wildman–Crippen MR) is 115 cm³/mol. The van der Waals surface area contributed by atoms with Crippen LogP contribution >= 0.6 is 0 Å². The van der Waals surface area contributed by atoms with E-state index in [1.807, 2.05) is 37.3 Å². The van der Waals surface area contributed by atoms with Gasteiger partial charge in [0.15, 0.2) is 6.10 Å². The average Bonchev–Trinajstić information content (AvgIpc) is 2.69. The molecule has 0 aliphatic carbocycles. The highest BCUT2D eigenvalue weighted by Gasteiger charge is 2.36. The number of rotatable bonds is 6. The molecule has 8 heteroatoms. The number of hydrogen-bond acceptors (Lipinski definition) is 7. The van der Waals surface area contributed by atoms with Gasteiger partial charge in [0.25, 0.3) is 0 Å². The van der Waals surface area contributed by atoms with Gasteiger partial charge in [-0.25, -0.2) is 9.59 Å². The first kappa shape index (κ1) is 24.9. The van der Waals surface area contributed by atoms with Gasteiger partial charge in [-0.3, -0.25) is 0 Å². The van der Waals surface area contributed by atoms with E-state index in [9.17, 15) is 9.59 Å². The van der Waals surface area contributed by atoms with E-state index in [4.69, 9.17) is 23.7 Å². The highest BCUT2D eigenvalue weighted by molar-refractivity contribution is 5.81. The average molecular weight is 438 g/mol. The maximum Gasteiger partial charge on any atom is 0.408 e. The Bertz CT molecular complexity index is 689. The molecule has 1 aliphatic rings. The van der Waals surface area contributed by atoms with E-state index in [2.05, 4.69) is 5.32 Å². The number of benzene rings is 1. The van der Waals surface area contributed by atoms with Gasteiger partial charge >= 0.3 is 12.1 Å². The van der Waals surface area contributed by atoms with Crippen molar-refractivity contribution in [1.29, 1.82) is 0 Å². The number of ether oxygens (including phenoxy) is 5. The summed E-state index contributed by atoms with van der Waals surface area (Å²) in [7, 11) is 0. The second-order valence-electron chi connectivity index (χ2n) is 8.51. The molecule has 31 heavy (non-hydrogen) atoms. The lowest BCUT2D eigenvalue weighted by atomic mass is 10.1. The van der Waals surface area contributed by atoms with Crippen LogP contribution in [0, 0.1) is 0 Å². The van der Waals surface area contributed by atoms with Crippen LogP contribution in [0.4, 0.5) is 4.79 Å². The van der Waals surface area contributed by atoms with Crippen LogP contribution in [0.3, 0.4) is 0 Å². The summed E-state index contributed by atoms with van der Waals surface area (Å²) < 4.78 is 28.9. The van der Waals surface area contributed by atoms with Crippen LogP contribution in [-0.2, 0) is 23.7 Å². The van der Waals surface area contributed by atoms with Crippen molar-refractivity contribution in [2.45, 2.75) is 77.4 Å². The highest BCUT2D eigenvalue weighted by atomic mass is 16.6. The zero-order valence-electron chi connectivity index (χ0n) is 19.1. The zero-order chi connectivity index (χ0) is 22.9. The Hall–Kier alpha value is -2.32. The molecule has 1 amide bonds. The van der Waals surface area contributed by atoms with Crippen LogP contribution in [-0.4, -0.2) is 61.8 Å². The number of amides is 1. The van der Waals surface area contributed by atoms with Crippen molar-refractivity contribution in [3.8, 4) is 5.75 Å². The minimum absolute atomic E-state index is 0.235. The van der Waals surface area contributed by atoms with Gasteiger partial charge in [0.05, 0.1) is 6.61 Å². The third-order valence-electron chi connectivity index (χ3n) is 4.48. The van der Waals surface area contributed by atoms with Crippen molar-refractivity contribution in [3.05, 3.63) is 30.3 Å². The van der Waals surface area contributed by atoms with Crippen LogP contribution in [0.1, 0.15) is 47.5 Å². The molecule has 0 unspecified atom stereocenters. The number of para-hydroxylation sites is 1. The minimum atomic E-state index is -0.879. The number of carbonyl (C=O) groups is 2. The number of cyclic esters (lactones) is 1. The molecule has 1 N–H and O–H groups in total. The van der Waals surface area contributed by atoms with Crippen molar-refractivity contribution in [3.63, 3.8) is 0 Å². The molecule has 1 heterocycles. The van der Waals surface area contributed by atoms with Gasteiger partial charge in [-0.2, -0.15) is 0 Å². The van der Waals surface area contributed by atoms with Gasteiger partial charge in [-0.15, -0.1) is 0 Å². The molecular formula is C23H35NO7. The van der Waals surface area contributed by atoms with Crippen LogP contribution in [0.2, 0.25) is 0 Å². The molecule has 0 bridgehead atoms. The molecule has 1 saturated heterocycles. The SMILES string of the molecule is CCCO[C@H]1[C@H](C)OC(=O)[C@@H](NC(=O)OC(C)(C)C)CCOC[C@@H]1Oc1ccccc1. The fourth-order valence-corrected chi connectivity index (χ4v) is 3.10. The number of esters is 1. The number of nitrogens with one attached hydrogen (secondary N) is 1. The van der Waals surface area contributed by atoms with Crippen molar-refractivity contribution >= 4 is 12.1 Å². The molecule has 1 aromatic carbocycles. The van der Waals surface area contributed by atoms with Crippen LogP contribution in [0.15, 0.2) is 30.3 Å². The molecule has 0 aromatic heterocycles. The maximum absolute atomic E-state index is 12.8. The van der Waals surface area contributed by atoms with Gasteiger partial charge in [0, 0.05) is 19.6 Å². The molecule has 0 spiro atoms. The maximum atomic E-state index is 12.8. The summed E-state index contributed by atoms with van der Waals surface area (Å²) in [4.78, 5) is 24.9. The number of alkyl carbamates (subject to hydrolysis) is 1. The van der Waals surface area contributed by atoms with Gasteiger partial charge in [0.2, 0.25) is 0 Å². The monoisotopic (exact) mass is 437 g/mol. The van der Waals surface area contributed by atoms with Crippen molar-refractivity contribution < 1.29 is 33.3 Å². The standard InChI is InChI=1S/C23H35NO7/c1-6-13-28-20-16(2)29-21(25)18(24-22(26)31-23(3,4)5)12-14-27-15-19(20)30-17-10-8-7-9-11-17/h7-11,16,18-20H,6,12-15H2,1-5H3,(H,24,26)/t16-,18-,19-,20-/m0/s1. The van der Waals surface area contributed by atoms with Crippen LogP contribution in [0.25, 0.3) is 0 Å². The molecule has 1 aromatic rings. The van der Waals surface area contributed by atoms with Crippen molar-refractivity contribution in [2.75, 3.05) is 19.8 Å². The Labute approximate surface area is 184 Å². The topological polar surface area (TPSA) is 92.3 Å². The third kappa shape index (κ3) is 8.75. The molecule has 4 atom stereocenters. The fourth-order valence-electron chi connectivity index (χ4n) is 3.10. The Morgan fingerprint density at radius 1 is 1.23 bits per heavy atom. The lowest BCUT2D eigenvalue weighted by Crippen LogP contribution is -2.51. The van der Waals surface area contributed by atoms with Gasteiger partial charge in [-0.1, -0.05) is 25.1 Å². The van der Waals surface area contributed by atoms with Crippen LogP contribution < -0.4 is 10.1 Å². The first-order valence-corrected chi connectivity index (χ1v) is 10.8. The summed E-state index contributed by atoms with van der Waals surface area (Å²) >= 11 is 0. The molecule has 1 fully saturated rings. The number of hydrogen-bond donors (Lipinski definition) is 1. The van der Waals surface area contributed by atoms with Crippen molar-refractivity contribution in [1.82, 2.24) is 5.32 Å². The largest absolute Gasteiger partial charge is 0.485 e. The second-order valence-corrected chi connectivity index (χ2v) is 8.51. The Balaban J connectivity index is 2.12. The smallest absolute Gasteiger partial charge is 0.408 e. The first-order chi connectivity index (χ1) is 14.7. The van der Waals surface area contributed by atoms with Crippen LogP contribution in [0.5, 0.6) is 5.75 Å². The van der Waals surface area contributed by atoms with E-state index in [1.54, 1.807) is 27.7 Å². The normalized spacial score (nSPS) is 25.3. The lowest BCUT2D eigenvalue weighted by Gasteiger charge is -2.33. The molecule has 0 radical (unpaired) electrons. The third-order valence-corrected chi connectivity index (χ3v) is 4.48. The Morgan fingerprint density at radius 3 is 2.58 bits per heavy atom. The zero-order valence-corrected chi connectivity index (χ0v) is 19.1. The van der Waals surface area contributed by atoms with Crippen molar-refractivity contribution in [2.24, 2.45) is 0 Å². The second kappa shape index (κ2) is 11.9. The number of carbonyl (C=O) groups excluding carboxylic acids is 2. The van der Waals surface area contributed by atoms with E-state index >= 15 is 0 Å². The van der Waals surface area contributed by atoms with Gasteiger partial charge in [-0.05, 0) is 46.2 Å². The van der Waals surface area contributed by atoms with Gasteiger partial charge < -0.3 is 29.0 Å². The highest BCUT2D eigenvalue weighted by Crippen LogP contribution is 2.20. The van der Waals surface area contributed by atoms with E-state index in [1.165, 1.54) is 0 Å². The summed E-state index contributed by atoms with van der Waals surface area (Å²) in [6.45, 7) is 10.0. The molecule has 8 nitrogen and oxygen atoms in total. The summed E-state index contributed by atoms with van der Waals surface area (Å²) in [5.74, 6) is 0.119. The Morgan fingerprint density at radius 2 is 1.94 bits per heavy atom. The summed E-state index contributed by atoms with van der Waals surface area (Å²) in [5, 5.41) is 2.58. The minimum Gasteiger partial charge on any atom is -0.485 e. The summed E-state index contributed by atoms with van der Waals surface area (Å²) in [6, 6.07) is 8.50. The fraction of sp³-hybridized carbons (Fsp3) is 0.652. The lowest BCUT2D eigenvalue weighted by molar-refractivity contribution is -0.170. The van der Waals surface area contributed by atoms with E-state index < -0.39 is 42.0 Å². The summed E-state index contributed by atoms with van der Waals surface area (Å²) in [5.41, 5.74) is -0.672. The molecule has 174 valence electrons. The van der Waals surface area contributed by atoms with E-state index in [0.29, 0.717) is 12.4 Å². The predicted octanol–water partition coefficient (Wildman–Crippen LogP) is 3.47. The Kier molecular flexibility index (Phi) is 9.58. The molecule has 2 rings (SSSR count).